The fourth-order valence-electron chi connectivity index (χ4n) is 1.81. The van der Waals surface area contributed by atoms with Gasteiger partial charge in [-0.05, 0) is 25.7 Å². The number of primary amides is 1. The summed E-state index contributed by atoms with van der Waals surface area (Å²) in [6.07, 6.45) is 0.193. The highest BCUT2D eigenvalue weighted by Gasteiger charge is 2.45. The molecule has 0 saturated heterocycles. The van der Waals surface area contributed by atoms with Gasteiger partial charge >= 0.3 is 0 Å². The number of nitrogens with zero attached hydrogens (tertiary/aromatic N) is 1. The van der Waals surface area contributed by atoms with E-state index < -0.39 is 24.0 Å². The lowest BCUT2D eigenvalue weighted by Crippen LogP contribution is -2.50. The van der Waals surface area contributed by atoms with Gasteiger partial charge in [0, 0.05) is 12.1 Å². The molecule has 90 valence electrons. The van der Waals surface area contributed by atoms with Gasteiger partial charge in [-0.15, -0.1) is 0 Å². The third-order valence-electron chi connectivity index (χ3n) is 2.98. The minimum atomic E-state index is -1.81. The molecule has 2 atom stereocenters. The molecule has 6 heteroatoms. The van der Waals surface area contributed by atoms with Gasteiger partial charge in [0.2, 0.25) is 5.91 Å². The maximum absolute atomic E-state index is 11.9. The summed E-state index contributed by atoms with van der Waals surface area (Å²) < 4.78 is 0. The number of hydrogen-bond donors (Lipinski definition) is 3. The van der Waals surface area contributed by atoms with Crippen LogP contribution in [-0.2, 0) is 9.59 Å². The van der Waals surface area contributed by atoms with Crippen molar-refractivity contribution in [2.75, 3.05) is 0 Å². The molecule has 0 aromatic rings. The second kappa shape index (κ2) is 4.03. The Labute approximate surface area is 93.0 Å². The Kier molecular flexibility index (Phi) is 2.86. The second-order valence-electron chi connectivity index (χ2n) is 4.50. The van der Waals surface area contributed by atoms with Crippen LogP contribution in [-0.4, -0.2) is 51.2 Å². The van der Waals surface area contributed by atoms with Gasteiger partial charge in [0.1, 0.15) is 0 Å². The molecule has 2 aliphatic carbocycles. The second-order valence-corrected chi connectivity index (χ2v) is 4.50. The standard InChI is InChI=1S/C10H16N2O4/c11-9(15)7(13)8(14)10(16)12(5-1-2-5)6-3-4-6/h5-8,13-14H,1-4H2,(H2,11,15). The summed E-state index contributed by atoms with van der Waals surface area (Å²) in [5, 5.41) is 18.8. The predicted molar refractivity (Wildman–Crippen MR) is 54.1 cm³/mol. The van der Waals surface area contributed by atoms with E-state index in [1.807, 2.05) is 0 Å². The number of carbonyl (C=O) groups excluding carboxylic acids is 2. The van der Waals surface area contributed by atoms with Crippen LogP contribution in [0, 0.1) is 0 Å². The normalized spacial score (nSPS) is 23.6. The van der Waals surface area contributed by atoms with Crippen LogP contribution in [0.25, 0.3) is 0 Å². The number of aliphatic hydroxyl groups is 2. The van der Waals surface area contributed by atoms with Crippen LogP contribution < -0.4 is 5.73 Å². The molecule has 2 aliphatic rings. The molecule has 4 N–H and O–H groups in total. The first-order valence-corrected chi connectivity index (χ1v) is 5.50. The lowest BCUT2D eigenvalue weighted by atomic mass is 10.1. The number of nitrogens with two attached hydrogens (primary N) is 1. The molecular formula is C10H16N2O4. The molecule has 0 radical (unpaired) electrons. The van der Waals surface area contributed by atoms with Gasteiger partial charge in [-0.25, -0.2) is 0 Å². The first-order valence-electron chi connectivity index (χ1n) is 5.50. The van der Waals surface area contributed by atoms with E-state index in [9.17, 15) is 19.8 Å². The van der Waals surface area contributed by atoms with Gasteiger partial charge in [0.25, 0.3) is 5.91 Å². The predicted octanol–water partition coefficient (Wildman–Crippen LogP) is -1.65. The van der Waals surface area contributed by atoms with Gasteiger partial charge < -0.3 is 20.8 Å². The maximum Gasteiger partial charge on any atom is 0.255 e. The third-order valence-corrected chi connectivity index (χ3v) is 2.98. The van der Waals surface area contributed by atoms with Crippen molar-refractivity contribution in [2.24, 2.45) is 5.73 Å². The average Bonchev–Trinajstić information content (AvgIpc) is 3.08. The zero-order chi connectivity index (χ0) is 11.9. The van der Waals surface area contributed by atoms with Gasteiger partial charge in [0.15, 0.2) is 12.2 Å². The summed E-state index contributed by atoms with van der Waals surface area (Å²) in [7, 11) is 0. The van der Waals surface area contributed by atoms with E-state index in [4.69, 9.17) is 5.73 Å². The minimum Gasteiger partial charge on any atom is -0.380 e. The first kappa shape index (κ1) is 11.3. The molecule has 0 bridgehead atoms. The van der Waals surface area contributed by atoms with Crippen LogP contribution in [0.2, 0.25) is 0 Å². The van der Waals surface area contributed by atoms with Crippen LogP contribution in [0.4, 0.5) is 0 Å². The number of rotatable bonds is 5. The topological polar surface area (TPSA) is 104 Å². The molecular weight excluding hydrogens is 212 g/mol. The Morgan fingerprint density at radius 2 is 1.50 bits per heavy atom. The van der Waals surface area contributed by atoms with E-state index >= 15 is 0 Å². The van der Waals surface area contributed by atoms with Crippen molar-refractivity contribution in [3.63, 3.8) is 0 Å². The van der Waals surface area contributed by atoms with Crippen LogP contribution in [0.5, 0.6) is 0 Å². The monoisotopic (exact) mass is 228 g/mol. The highest BCUT2D eigenvalue weighted by Crippen LogP contribution is 2.37. The zero-order valence-corrected chi connectivity index (χ0v) is 8.87. The largest absolute Gasteiger partial charge is 0.380 e. The Bertz CT molecular complexity index is 300. The van der Waals surface area contributed by atoms with E-state index in [0.29, 0.717) is 0 Å². The van der Waals surface area contributed by atoms with Gasteiger partial charge in [-0.3, -0.25) is 9.59 Å². The Morgan fingerprint density at radius 1 is 1.06 bits per heavy atom. The lowest BCUT2D eigenvalue weighted by Gasteiger charge is -2.26. The van der Waals surface area contributed by atoms with Crippen LogP contribution >= 0.6 is 0 Å². The van der Waals surface area contributed by atoms with Crippen LogP contribution in [0.15, 0.2) is 0 Å². The SMILES string of the molecule is NC(=O)C(O)C(O)C(=O)N(C1CC1)C1CC1. The van der Waals surface area contributed by atoms with Crippen molar-refractivity contribution in [1.29, 1.82) is 0 Å². The summed E-state index contributed by atoms with van der Waals surface area (Å²) in [6.45, 7) is 0. The Hall–Kier alpha value is -1.14. The fourth-order valence-corrected chi connectivity index (χ4v) is 1.81. The van der Waals surface area contributed by atoms with E-state index in [-0.39, 0.29) is 12.1 Å². The minimum absolute atomic E-state index is 0.176. The number of aliphatic hydroxyl groups excluding tert-OH is 2. The van der Waals surface area contributed by atoms with E-state index in [0.717, 1.165) is 25.7 Å². The van der Waals surface area contributed by atoms with E-state index in [1.165, 1.54) is 0 Å². The molecule has 2 fully saturated rings. The van der Waals surface area contributed by atoms with Gasteiger partial charge in [-0.1, -0.05) is 0 Å². The van der Waals surface area contributed by atoms with Crippen molar-refractivity contribution in [1.82, 2.24) is 4.90 Å². The molecule has 0 aromatic heterocycles. The Morgan fingerprint density at radius 3 is 1.81 bits per heavy atom. The summed E-state index contributed by atoms with van der Waals surface area (Å²) in [6, 6.07) is 0.351. The first-order chi connectivity index (χ1) is 7.52. The highest BCUT2D eigenvalue weighted by molar-refractivity contribution is 5.90. The average molecular weight is 228 g/mol. The smallest absolute Gasteiger partial charge is 0.255 e. The molecule has 0 spiro atoms. The van der Waals surface area contributed by atoms with E-state index in [1.54, 1.807) is 4.90 Å². The molecule has 6 nitrogen and oxygen atoms in total. The summed E-state index contributed by atoms with van der Waals surface area (Å²) in [5.74, 6) is -1.65. The van der Waals surface area contributed by atoms with E-state index in [2.05, 4.69) is 0 Å². The molecule has 2 saturated carbocycles. The summed E-state index contributed by atoms with van der Waals surface area (Å²) >= 11 is 0. The molecule has 0 aliphatic heterocycles. The quantitative estimate of drug-likeness (QED) is 0.524. The van der Waals surface area contributed by atoms with Crippen LogP contribution in [0.3, 0.4) is 0 Å². The van der Waals surface area contributed by atoms with Crippen molar-refractivity contribution in [3.8, 4) is 0 Å². The molecule has 2 amide bonds. The summed E-state index contributed by atoms with van der Waals surface area (Å²) in [5.41, 5.74) is 4.84. The summed E-state index contributed by atoms with van der Waals surface area (Å²) in [4.78, 5) is 24.1. The van der Waals surface area contributed by atoms with Gasteiger partial charge in [0.05, 0.1) is 0 Å². The van der Waals surface area contributed by atoms with Crippen molar-refractivity contribution in [3.05, 3.63) is 0 Å². The lowest BCUT2D eigenvalue weighted by molar-refractivity contribution is -0.152. The molecule has 16 heavy (non-hydrogen) atoms. The number of amides is 2. The zero-order valence-electron chi connectivity index (χ0n) is 8.87. The van der Waals surface area contributed by atoms with Crippen molar-refractivity contribution in [2.45, 2.75) is 50.0 Å². The van der Waals surface area contributed by atoms with Gasteiger partial charge in [-0.2, -0.15) is 0 Å². The molecule has 0 heterocycles. The molecule has 0 aromatic carbocycles. The number of carbonyl (C=O) groups is 2. The van der Waals surface area contributed by atoms with Crippen LogP contribution in [0.1, 0.15) is 25.7 Å². The molecule has 2 rings (SSSR count). The Balaban J connectivity index is 2.01. The third kappa shape index (κ3) is 2.17. The fraction of sp³-hybridized carbons (Fsp3) is 0.800. The number of hydrogen-bond acceptors (Lipinski definition) is 4. The molecule has 2 unspecified atom stereocenters. The van der Waals surface area contributed by atoms with Crippen molar-refractivity contribution < 1.29 is 19.8 Å². The van der Waals surface area contributed by atoms with Crippen molar-refractivity contribution >= 4 is 11.8 Å². The highest BCUT2D eigenvalue weighted by atomic mass is 16.3. The maximum atomic E-state index is 11.9.